The third-order valence-corrected chi connectivity index (χ3v) is 5.51. The molecule has 2 N–H and O–H groups in total. The third-order valence-electron chi connectivity index (χ3n) is 5.51. The minimum atomic E-state index is -0.477. The van der Waals surface area contributed by atoms with E-state index in [4.69, 9.17) is 18.6 Å². The number of amides is 1. The van der Waals surface area contributed by atoms with Crippen molar-refractivity contribution < 1.29 is 28.5 Å². The number of aliphatic hydroxyl groups is 1. The number of hydrogen-bond donors (Lipinski definition) is 2. The molecule has 2 heterocycles. The van der Waals surface area contributed by atoms with Crippen molar-refractivity contribution in [1.82, 2.24) is 4.98 Å². The van der Waals surface area contributed by atoms with Gasteiger partial charge < -0.3 is 29.1 Å². The fourth-order valence-electron chi connectivity index (χ4n) is 3.69. The first-order valence-corrected chi connectivity index (χ1v) is 11.3. The maximum atomic E-state index is 13.6. The second kappa shape index (κ2) is 10.9. The molecule has 4 aromatic rings. The summed E-state index contributed by atoms with van der Waals surface area (Å²) in [5, 5.41) is 13.3. The molecule has 0 saturated heterocycles. The molecule has 0 radical (unpaired) electrons. The molecule has 4 rings (SSSR count). The van der Waals surface area contributed by atoms with Crippen LogP contribution in [-0.2, 0) is 6.61 Å². The van der Waals surface area contributed by atoms with Gasteiger partial charge in [0.1, 0.15) is 28.5 Å². The highest BCUT2D eigenvalue weighted by Crippen LogP contribution is 2.30. The number of carbonyl (C=O) groups is 1. The standard InChI is InChI=1S/C27H27N3O6/c1-5-35-23-9-7-6-8-21(23)30-27-20(13-19-17(15-31)14-28-16(2)25(19)36-27)26(32)29-22-11-10-18(33-3)12-24(22)34-4/h6-14,31H,5,15H2,1-4H3,(H,29,32). The number of nitrogens with zero attached hydrogens (tertiary/aromatic N) is 2. The van der Waals surface area contributed by atoms with E-state index >= 15 is 0 Å². The van der Waals surface area contributed by atoms with Crippen LogP contribution >= 0.6 is 0 Å². The Bertz CT molecular complexity index is 1480. The SMILES string of the molecule is CCOc1ccccc1N=c1oc2c(C)ncc(CO)c2cc1C(=O)Nc1ccc(OC)cc1OC. The van der Waals surface area contributed by atoms with Gasteiger partial charge in [0.15, 0.2) is 5.58 Å². The largest absolute Gasteiger partial charge is 0.497 e. The molecule has 0 fully saturated rings. The van der Waals surface area contributed by atoms with E-state index in [2.05, 4.69) is 15.3 Å². The summed E-state index contributed by atoms with van der Waals surface area (Å²) >= 11 is 0. The normalized spacial score (nSPS) is 11.4. The molecule has 36 heavy (non-hydrogen) atoms. The van der Waals surface area contributed by atoms with Crippen LogP contribution in [0.1, 0.15) is 28.5 Å². The molecule has 0 aliphatic rings. The molecule has 2 aromatic heterocycles. The molecule has 9 nitrogen and oxygen atoms in total. The highest BCUT2D eigenvalue weighted by atomic mass is 16.5. The van der Waals surface area contributed by atoms with E-state index in [0.717, 1.165) is 0 Å². The van der Waals surface area contributed by atoms with Gasteiger partial charge in [0.05, 0.1) is 38.8 Å². The molecule has 0 spiro atoms. The van der Waals surface area contributed by atoms with Gasteiger partial charge in [-0.25, -0.2) is 4.99 Å². The molecule has 2 aromatic carbocycles. The maximum Gasteiger partial charge on any atom is 0.261 e. The van der Waals surface area contributed by atoms with E-state index in [0.29, 0.717) is 57.5 Å². The van der Waals surface area contributed by atoms with E-state index in [1.54, 1.807) is 56.6 Å². The van der Waals surface area contributed by atoms with Crippen LogP contribution in [-0.4, -0.2) is 36.8 Å². The Kier molecular flexibility index (Phi) is 7.50. The molecule has 1 amide bonds. The summed E-state index contributed by atoms with van der Waals surface area (Å²) in [6.07, 6.45) is 1.56. The molecular formula is C27H27N3O6. The number of ether oxygens (including phenoxy) is 3. The number of anilines is 1. The van der Waals surface area contributed by atoms with Gasteiger partial charge in [0.25, 0.3) is 5.91 Å². The van der Waals surface area contributed by atoms with Crippen LogP contribution in [0.5, 0.6) is 17.2 Å². The molecule has 0 aliphatic carbocycles. The van der Waals surface area contributed by atoms with E-state index < -0.39 is 5.91 Å². The van der Waals surface area contributed by atoms with Gasteiger partial charge in [-0.2, -0.15) is 0 Å². The van der Waals surface area contributed by atoms with Crippen LogP contribution in [0, 0.1) is 6.92 Å². The van der Waals surface area contributed by atoms with E-state index in [1.807, 2.05) is 19.1 Å². The number of carbonyl (C=O) groups excluding carboxylic acids is 1. The summed E-state index contributed by atoms with van der Waals surface area (Å²) in [7, 11) is 3.05. The van der Waals surface area contributed by atoms with E-state index in [-0.39, 0.29) is 17.7 Å². The van der Waals surface area contributed by atoms with Crippen LogP contribution in [0.4, 0.5) is 11.4 Å². The number of methoxy groups -OCH3 is 2. The highest BCUT2D eigenvalue weighted by Gasteiger charge is 2.18. The zero-order valence-electron chi connectivity index (χ0n) is 20.5. The Balaban J connectivity index is 1.92. The number of fused-ring (bicyclic) bond motifs is 1. The van der Waals surface area contributed by atoms with Crippen molar-refractivity contribution >= 4 is 28.3 Å². The number of aliphatic hydroxyl groups excluding tert-OH is 1. The van der Waals surface area contributed by atoms with Gasteiger partial charge in [-0.1, -0.05) is 12.1 Å². The number of nitrogens with one attached hydrogen (secondary N) is 1. The zero-order chi connectivity index (χ0) is 25.7. The molecule has 9 heteroatoms. The Morgan fingerprint density at radius 1 is 1.11 bits per heavy atom. The van der Waals surface area contributed by atoms with Gasteiger partial charge in [-0.05, 0) is 44.2 Å². The predicted molar refractivity (Wildman–Crippen MR) is 135 cm³/mol. The van der Waals surface area contributed by atoms with Gasteiger partial charge in [-0.3, -0.25) is 9.78 Å². The topological polar surface area (TPSA) is 115 Å². The smallest absolute Gasteiger partial charge is 0.261 e. The lowest BCUT2D eigenvalue weighted by Gasteiger charge is -2.13. The summed E-state index contributed by atoms with van der Waals surface area (Å²) < 4.78 is 22.5. The lowest BCUT2D eigenvalue weighted by Crippen LogP contribution is -2.22. The van der Waals surface area contributed by atoms with Gasteiger partial charge in [0, 0.05) is 23.2 Å². The monoisotopic (exact) mass is 489 g/mol. The van der Waals surface area contributed by atoms with Gasteiger partial charge in [-0.15, -0.1) is 0 Å². The minimum absolute atomic E-state index is 0.0691. The quantitative estimate of drug-likeness (QED) is 0.374. The number of aryl methyl sites for hydroxylation is 1. The van der Waals surface area contributed by atoms with Crippen molar-refractivity contribution in [3.05, 3.63) is 77.1 Å². The fraction of sp³-hybridized carbons (Fsp3) is 0.222. The number of benzene rings is 2. The second-order valence-corrected chi connectivity index (χ2v) is 7.77. The van der Waals surface area contributed by atoms with Crippen molar-refractivity contribution in [1.29, 1.82) is 0 Å². The van der Waals surface area contributed by atoms with Crippen LogP contribution in [0.3, 0.4) is 0 Å². The lowest BCUT2D eigenvalue weighted by atomic mass is 10.1. The summed E-state index contributed by atoms with van der Waals surface area (Å²) in [6.45, 7) is 3.85. The summed E-state index contributed by atoms with van der Waals surface area (Å²) in [4.78, 5) is 22.5. The first-order chi connectivity index (χ1) is 17.5. The fourth-order valence-corrected chi connectivity index (χ4v) is 3.69. The number of rotatable bonds is 8. The number of para-hydroxylation sites is 2. The Labute approximate surface area is 208 Å². The molecule has 0 aliphatic heterocycles. The summed E-state index contributed by atoms with van der Waals surface area (Å²) in [5.41, 5.74) is 2.72. The Morgan fingerprint density at radius 3 is 2.64 bits per heavy atom. The van der Waals surface area contributed by atoms with Crippen molar-refractivity contribution in [2.45, 2.75) is 20.5 Å². The molecule has 0 atom stereocenters. The zero-order valence-corrected chi connectivity index (χ0v) is 20.5. The average molecular weight is 490 g/mol. The van der Waals surface area contributed by atoms with Crippen LogP contribution < -0.4 is 25.1 Å². The number of hydrogen-bond acceptors (Lipinski definition) is 8. The van der Waals surface area contributed by atoms with Crippen LogP contribution in [0.15, 0.2) is 64.1 Å². The van der Waals surface area contributed by atoms with Crippen molar-refractivity contribution in [2.24, 2.45) is 4.99 Å². The first-order valence-electron chi connectivity index (χ1n) is 11.3. The predicted octanol–water partition coefficient (Wildman–Crippen LogP) is 4.53. The minimum Gasteiger partial charge on any atom is -0.497 e. The maximum absolute atomic E-state index is 13.6. The van der Waals surface area contributed by atoms with E-state index in [1.165, 1.54) is 7.11 Å². The van der Waals surface area contributed by atoms with Crippen molar-refractivity contribution in [2.75, 3.05) is 26.1 Å². The third kappa shape index (κ3) is 5.01. The molecule has 0 bridgehead atoms. The first kappa shape index (κ1) is 24.7. The van der Waals surface area contributed by atoms with Crippen molar-refractivity contribution in [3.8, 4) is 17.2 Å². The molecule has 186 valence electrons. The van der Waals surface area contributed by atoms with Gasteiger partial charge >= 0.3 is 0 Å². The van der Waals surface area contributed by atoms with Crippen LogP contribution in [0.2, 0.25) is 0 Å². The van der Waals surface area contributed by atoms with Crippen LogP contribution in [0.25, 0.3) is 11.0 Å². The second-order valence-electron chi connectivity index (χ2n) is 7.77. The average Bonchev–Trinajstić information content (AvgIpc) is 2.90. The summed E-state index contributed by atoms with van der Waals surface area (Å²) in [5.74, 6) is 1.09. The number of aromatic nitrogens is 1. The van der Waals surface area contributed by atoms with Crippen molar-refractivity contribution in [3.63, 3.8) is 0 Å². The molecule has 0 unspecified atom stereocenters. The van der Waals surface area contributed by atoms with E-state index in [9.17, 15) is 9.90 Å². The summed E-state index contributed by atoms with van der Waals surface area (Å²) in [6, 6.07) is 13.9. The Morgan fingerprint density at radius 2 is 1.92 bits per heavy atom. The van der Waals surface area contributed by atoms with Gasteiger partial charge in [0.2, 0.25) is 5.55 Å². The highest BCUT2D eigenvalue weighted by molar-refractivity contribution is 6.06. The lowest BCUT2D eigenvalue weighted by molar-refractivity contribution is 0.102. The Hall–Kier alpha value is -4.37. The molecular weight excluding hydrogens is 462 g/mol. The molecule has 0 saturated carbocycles. The number of pyridine rings is 1.